The Morgan fingerprint density at radius 1 is 1.27 bits per heavy atom. The highest BCUT2D eigenvalue weighted by Gasteiger charge is 2.37. The first kappa shape index (κ1) is 22.4. The van der Waals surface area contributed by atoms with Gasteiger partial charge in [0, 0.05) is 12.6 Å². The number of sulfonamides is 1. The van der Waals surface area contributed by atoms with Crippen LogP contribution in [0.3, 0.4) is 0 Å². The molecule has 0 aromatic heterocycles. The zero-order chi connectivity index (χ0) is 19.9. The lowest BCUT2D eigenvalue weighted by atomic mass is 10.0. The van der Waals surface area contributed by atoms with E-state index in [4.69, 9.17) is 9.94 Å². The van der Waals surface area contributed by atoms with Gasteiger partial charge in [-0.15, -0.1) is 0 Å². The molecule has 148 valence electrons. The van der Waals surface area contributed by atoms with Gasteiger partial charge in [0.2, 0.25) is 10.0 Å². The maximum atomic E-state index is 13.3. The summed E-state index contributed by atoms with van der Waals surface area (Å²) in [4.78, 5) is 12.3. The molecule has 0 heterocycles. The number of hydroxylamine groups is 1. The van der Waals surface area contributed by atoms with Crippen LogP contribution in [0.15, 0.2) is 29.2 Å². The van der Waals surface area contributed by atoms with Crippen LogP contribution in [-0.2, 0) is 14.8 Å². The predicted molar refractivity (Wildman–Crippen MR) is 99.5 cm³/mol. The van der Waals surface area contributed by atoms with Gasteiger partial charge in [0.1, 0.15) is 11.8 Å². The molecule has 26 heavy (non-hydrogen) atoms. The summed E-state index contributed by atoms with van der Waals surface area (Å²) in [5.41, 5.74) is 1.60. The normalized spacial score (nSPS) is 13.3. The van der Waals surface area contributed by atoms with Crippen LogP contribution in [0, 0.1) is 11.8 Å². The Kier molecular flexibility index (Phi) is 8.52. The molecule has 0 fully saturated rings. The molecule has 1 aromatic rings. The van der Waals surface area contributed by atoms with Gasteiger partial charge >= 0.3 is 0 Å². The van der Waals surface area contributed by atoms with Crippen molar-refractivity contribution in [1.82, 2.24) is 9.79 Å². The monoisotopic (exact) mass is 386 g/mol. The van der Waals surface area contributed by atoms with E-state index in [-0.39, 0.29) is 23.3 Å². The van der Waals surface area contributed by atoms with Crippen molar-refractivity contribution in [1.29, 1.82) is 0 Å². The minimum absolute atomic E-state index is 0.0589. The fourth-order valence-corrected chi connectivity index (χ4v) is 4.42. The second-order valence-electron chi connectivity index (χ2n) is 6.87. The molecule has 0 spiro atoms. The van der Waals surface area contributed by atoms with E-state index < -0.39 is 22.0 Å². The number of amides is 1. The van der Waals surface area contributed by atoms with Crippen molar-refractivity contribution in [2.45, 2.75) is 52.0 Å². The molecule has 1 aromatic carbocycles. The molecule has 0 radical (unpaired) electrons. The van der Waals surface area contributed by atoms with Gasteiger partial charge in [0.15, 0.2) is 0 Å². The van der Waals surface area contributed by atoms with Gasteiger partial charge in [0.25, 0.3) is 5.91 Å². The molecule has 0 unspecified atom stereocenters. The molecule has 0 aliphatic heterocycles. The van der Waals surface area contributed by atoms with Gasteiger partial charge in [-0.05, 0) is 37.3 Å². The summed E-state index contributed by atoms with van der Waals surface area (Å²) in [5.74, 6) is -0.356. The summed E-state index contributed by atoms with van der Waals surface area (Å²) in [6, 6.07) is 5.21. The number of hydrogen-bond acceptors (Lipinski definition) is 5. The SMILES string of the molecule is CCOc1cccc(S(=O)(=O)N(CCC(C)C)[C@@H](C(=O)NO)C(C)C)c1. The third-order valence-corrected chi connectivity index (χ3v) is 5.85. The number of carbonyl (C=O) groups excluding carboxylic acids is 1. The van der Waals surface area contributed by atoms with E-state index in [1.54, 1.807) is 31.5 Å². The Hall–Kier alpha value is -1.64. The van der Waals surface area contributed by atoms with Gasteiger partial charge in [-0.25, -0.2) is 13.9 Å². The third kappa shape index (κ3) is 5.69. The minimum Gasteiger partial charge on any atom is -0.494 e. The Bertz CT molecular complexity index is 689. The molecule has 8 heteroatoms. The first-order valence-corrected chi connectivity index (χ1v) is 10.3. The molecular weight excluding hydrogens is 356 g/mol. The van der Waals surface area contributed by atoms with Crippen molar-refractivity contribution in [3.05, 3.63) is 24.3 Å². The van der Waals surface area contributed by atoms with Gasteiger partial charge in [-0.1, -0.05) is 33.8 Å². The second kappa shape index (κ2) is 9.89. The Morgan fingerprint density at radius 3 is 2.42 bits per heavy atom. The highest BCUT2D eigenvalue weighted by atomic mass is 32.2. The van der Waals surface area contributed by atoms with E-state index in [9.17, 15) is 13.2 Å². The molecule has 7 nitrogen and oxygen atoms in total. The molecule has 0 saturated heterocycles. The van der Waals surface area contributed by atoms with E-state index in [0.29, 0.717) is 18.8 Å². The largest absolute Gasteiger partial charge is 0.494 e. The van der Waals surface area contributed by atoms with Crippen molar-refractivity contribution in [3.8, 4) is 5.75 Å². The van der Waals surface area contributed by atoms with E-state index in [2.05, 4.69) is 0 Å². The lowest BCUT2D eigenvalue weighted by Gasteiger charge is -2.32. The predicted octanol–water partition coefficient (Wildman–Crippen LogP) is 2.65. The molecule has 0 aliphatic rings. The van der Waals surface area contributed by atoms with Crippen LogP contribution in [-0.4, -0.2) is 43.0 Å². The molecular formula is C18H30N2O5S. The quantitative estimate of drug-likeness (QED) is 0.476. The van der Waals surface area contributed by atoms with Crippen LogP contribution in [0.25, 0.3) is 0 Å². The van der Waals surface area contributed by atoms with Crippen molar-refractivity contribution >= 4 is 15.9 Å². The fraction of sp³-hybridized carbons (Fsp3) is 0.611. The molecule has 0 bridgehead atoms. The molecule has 1 atom stereocenters. The Balaban J connectivity index is 3.38. The fourth-order valence-electron chi connectivity index (χ4n) is 2.65. The summed E-state index contributed by atoms with van der Waals surface area (Å²) in [6.07, 6.45) is 0.590. The number of ether oxygens (including phenoxy) is 1. The van der Waals surface area contributed by atoms with Crippen LogP contribution >= 0.6 is 0 Å². The van der Waals surface area contributed by atoms with E-state index >= 15 is 0 Å². The Labute approximate surface area is 156 Å². The number of rotatable bonds is 10. The average Bonchev–Trinajstić information content (AvgIpc) is 2.57. The number of nitrogens with one attached hydrogen (secondary N) is 1. The highest BCUT2D eigenvalue weighted by molar-refractivity contribution is 7.89. The van der Waals surface area contributed by atoms with Crippen LogP contribution in [0.2, 0.25) is 0 Å². The van der Waals surface area contributed by atoms with Crippen LogP contribution in [0.1, 0.15) is 41.0 Å². The topological polar surface area (TPSA) is 95.9 Å². The first-order valence-electron chi connectivity index (χ1n) is 8.83. The standard InChI is InChI=1S/C18H30N2O5S/c1-6-25-15-8-7-9-16(12-15)26(23,24)20(11-10-13(2)3)17(14(4)5)18(21)19-22/h7-9,12-14,17,22H,6,10-11H2,1-5H3,(H,19,21)/t17-/m1/s1. The summed E-state index contributed by atoms with van der Waals surface area (Å²) in [5, 5.41) is 9.09. The zero-order valence-corrected chi connectivity index (χ0v) is 16.9. The zero-order valence-electron chi connectivity index (χ0n) is 16.1. The van der Waals surface area contributed by atoms with Gasteiger partial charge in [-0.3, -0.25) is 10.0 Å². The average molecular weight is 387 g/mol. The van der Waals surface area contributed by atoms with Crippen LogP contribution in [0.5, 0.6) is 5.75 Å². The number of nitrogens with zero attached hydrogens (tertiary/aromatic N) is 1. The lowest BCUT2D eigenvalue weighted by molar-refractivity contribution is -0.134. The van der Waals surface area contributed by atoms with E-state index in [1.807, 2.05) is 20.8 Å². The molecule has 0 aliphatic carbocycles. The third-order valence-electron chi connectivity index (χ3n) is 3.97. The Morgan fingerprint density at radius 2 is 1.92 bits per heavy atom. The van der Waals surface area contributed by atoms with Crippen molar-refractivity contribution in [2.75, 3.05) is 13.2 Å². The van der Waals surface area contributed by atoms with Crippen molar-refractivity contribution in [2.24, 2.45) is 11.8 Å². The van der Waals surface area contributed by atoms with Crippen molar-refractivity contribution < 1.29 is 23.2 Å². The van der Waals surface area contributed by atoms with Gasteiger partial charge in [0.05, 0.1) is 11.5 Å². The van der Waals surface area contributed by atoms with Gasteiger partial charge < -0.3 is 4.74 Å². The summed E-state index contributed by atoms with van der Waals surface area (Å²) in [7, 11) is -3.96. The second-order valence-corrected chi connectivity index (χ2v) is 8.76. The number of benzene rings is 1. The van der Waals surface area contributed by atoms with Crippen LogP contribution in [0.4, 0.5) is 0 Å². The molecule has 0 saturated carbocycles. The van der Waals surface area contributed by atoms with E-state index in [1.165, 1.54) is 16.4 Å². The first-order chi connectivity index (χ1) is 12.1. The van der Waals surface area contributed by atoms with Crippen molar-refractivity contribution in [3.63, 3.8) is 0 Å². The molecule has 2 N–H and O–H groups in total. The summed E-state index contributed by atoms with van der Waals surface area (Å²) in [6.45, 7) is 9.87. The highest BCUT2D eigenvalue weighted by Crippen LogP contribution is 2.26. The van der Waals surface area contributed by atoms with Crippen LogP contribution < -0.4 is 10.2 Å². The van der Waals surface area contributed by atoms with E-state index in [0.717, 1.165) is 0 Å². The lowest BCUT2D eigenvalue weighted by Crippen LogP contribution is -2.52. The smallest absolute Gasteiger partial charge is 0.262 e. The molecule has 1 rings (SSSR count). The molecule has 1 amide bonds. The number of hydrogen-bond donors (Lipinski definition) is 2. The summed E-state index contributed by atoms with van der Waals surface area (Å²) >= 11 is 0. The maximum Gasteiger partial charge on any atom is 0.262 e. The minimum atomic E-state index is -3.96. The maximum absolute atomic E-state index is 13.3. The van der Waals surface area contributed by atoms with Gasteiger partial charge in [-0.2, -0.15) is 4.31 Å². The summed E-state index contributed by atoms with van der Waals surface area (Å²) < 4.78 is 33.1. The number of carbonyl (C=O) groups is 1.